The Morgan fingerprint density at radius 3 is 2.63 bits per heavy atom. The third kappa shape index (κ3) is 5.04. The molecular formula is C21H23N3O5S. The van der Waals surface area contributed by atoms with E-state index in [4.69, 9.17) is 9.47 Å². The van der Waals surface area contributed by atoms with Gasteiger partial charge in [-0.1, -0.05) is 24.3 Å². The standard InChI is InChI=1S/C21H23N3O5S/c1-3-29-21(27)16-12-17(24(23-16)14-8-5-4-6-9-14)20(26)22-15(13-19(25)28-2)18-10-7-11-30-18/h4-11,15,17H,3,12-13H2,1-2H3,(H,22,26). The molecule has 1 aromatic carbocycles. The van der Waals surface area contributed by atoms with Gasteiger partial charge in [-0.3, -0.25) is 14.6 Å². The molecule has 9 heteroatoms. The number of hydrogen-bond acceptors (Lipinski definition) is 8. The van der Waals surface area contributed by atoms with Gasteiger partial charge in [-0.15, -0.1) is 11.3 Å². The number of nitrogens with one attached hydrogen (secondary N) is 1. The molecule has 8 nitrogen and oxygen atoms in total. The van der Waals surface area contributed by atoms with E-state index in [9.17, 15) is 14.4 Å². The van der Waals surface area contributed by atoms with Gasteiger partial charge in [0.15, 0.2) is 0 Å². The summed E-state index contributed by atoms with van der Waals surface area (Å²) >= 11 is 1.44. The van der Waals surface area contributed by atoms with Gasteiger partial charge in [-0.05, 0) is 30.5 Å². The van der Waals surface area contributed by atoms with Crippen molar-refractivity contribution in [1.82, 2.24) is 5.32 Å². The number of ether oxygens (including phenoxy) is 2. The van der Waals surface area contributed by atoms with Crippen molar-refractivity contribution < 1.29 is 23.9 Å². The third-order valence-corrected chi connectivity index (χ3v) is 5.53. The van der Waals surface area contributed by atoms with E-state index < -0.39 is 24.0 Å². The zero-order valence-electron chi connectivity index (χ0n) is 16.7. The molecule has 0 saturated carbocycles. The summed E-state index contributed by atoms with van der Waals surface area (Å²) in [5.41, 5.74) is 0.860. The molecule has 1 N–H and O–H groups in total. The van der Waals surface area contributed by atoms with E-state index in [-0.39, 0.29) is 31.1 Å². The second kappa shape index (κ2) is 10.0. The van der Waals surface area contributed by atoms with Gasteiger partial charge >= 0.3 is 11.9 Å². The van der Waals surface area contributed by atoms with Crippen LogP contribution in [0.1, 0.15) is 30.7 Å². The first-order valence-corrected chi connectivity index (χ1v) is 10.4. The number of amides is 1. The normalized spacial score (nSPS) is 16.5. The van der Waals surface area contributed by atoms with Crippen molar-refractivity contribution in [2.45, 2.75) is 31.8 Å². The summed E-state index contributed by atoms with van der Waals surface area (Å²) < 4.78 is 9.83. The smallest absolute Gasteiger partial charge is 0.354 e. The summed E-state index contributed by atoms with van der Waals surface area (Å²) in [6, 6.07) is 11.6. The Balaban J connectivity index is 1.83. The van der Waals surface area contributed by atoms with Crippen LogP contribution in [0.5, 0.6) is 0 Å². The number of benzene rings is 1. The Kier molecular flexibility index (Phi) is 7.18. The van der Waals surface area contributed by atoms with Crippen LogP contribution in [-0.2, 0) is 23.9 Å². The molecule has 30 heavy (non-hydrogen) atoms. The minimum atomic E-state index is -0.744. The van der Waals surface area contributed by atoms with E-state index in [1.165, 1.54) is 23.5 Å². The first-order chi connectivity index (χ1) is 14.5. The van der Waals surface area contributed by atoms with E-state index in [0.29, 0.717) is 5.69 Å². The number of anilines is 1. The number of hydrogen-bond donors (Lipinski definition) is 1. The van der Waals surface area contributed by atoms with Gasteiger partial charge in [0, 0.05) is 11.3 Å². The number of carbonyl (C=O) groups excluding carboxylic acids is 3. The summed E-state index contributed by atoms with van der Waals surface area (Å²) in [5.74, 6) is -1.31. The second-order valence-corrected chi connectivity index (χ2v) is 7.50. The molecule has 2 unspecified atom stereocenters. The van der Waals surface area contributed by atoms with E-state index in [1.54, 1.807) is 6.92 Å². The lowest BCUT2D eigenvalue weighted by molar-refractivity contribution is -0.141. The zero-order valence-corrected chi connectivity index (χ0v) is 17.6. The molecule has 1 aromatic heterocycles. The second-order valence-electron chi connectivity index (χ2n) is 6.52. The average molecular weight is 429 g/mol. The molecule has 1 aliphatic rings. The number of esters is 2. The van der Waals surface area contributed by atoms with Gasteiger partial charge in [0.1, 0.15) is 11.8 Å². The van der Waals surface area contributed by atoms with E-state index in [2.05, 4.69) is 10.4 Å². The van der Waals surface area contributed by atoms with Gasteiger partial charge in [0.25, 0.3) is 0 Å². The van der Waals surface area contributed by atoms with Crippen LogP contribution in [0.4, 0.5) is 5.69 Å². The van der Waals surface area contributed by atoms with Crippen molar-refractivity contribution in [2.24, 2.45) is 5.10 Å². The zero-order chi connectivity index (χ0) is 21.5. The minimum absolute atomic E-state index is 0.00635. The number of carbonyl (C=O) groups is 3. The Hall–Kier alpha value is -3.20. The fourth-order valence-electron chi connectivity index (χ4n) is 3.10. The Morgan fingerprint density at radius 1 is 1.23 bits per heavy atom. The highest BCUT2D eigenvalue weighted by Crippen LogP contribution is 2.27. The van der Waals surface area contributed by atoms with Crippen LogP contribution in [-0.4, -0.2) is 43.3 Å². The highest BCUT2D eigenvalue weighted by atomic mass is 32.1. The highest BCUT2D eigenvalue weighted by molar-refractivity contribution is 7.10. The molecule has 3 rings (SSSR count). The van der Waals surface area contributed by atoms with Gasteiger partial charge in [-0.2, -0.15) is 5.10 Å². The Bertz CT molecular complexity index is 914. The number of hydrazone groups is 1. The average Bonchev–Trinajstić information content (AvgIpc) is 3.44. The van der Waals surface area contributed by atoms with Crippen molar-refractivity contribution >= 4 is 40.6 Å². The lowest BCUT2D eigenvalue weighted by Gasteiger charge is -2.25. The molecular weight excluding hydrogens is 406 g/mol. The van der Waals surface area contributed by atoms with E-state index in [0.717, 1.165) is 4.88 Å². The SMILES string of the molecule is CCOC(=O)C1=NN(c2ccccc2)C(C(=O)NC(CC(=O)OC)c2cccs2)C1. The Morgan fingerprint density at radius 2 is 2.00 bits per heavy atom. The number of nitrogens with zero attached hydrogens (tertiary/aromatic N) is 2. The number of methoxy groups -OCH3 is 1. The molecule has 2 atom stereocenters. The largest absolute Gasteiger partial charge is 0.469 e. The quantitative estimate of drug-likeness (QED) is 0.648. The summed E-state index contributed by atoms with van der Waals surface area (Å²) in [6.07, 6.45) is 0.112. The monoisotopic (exact) mass is 429 g/mol. The summed E-state index contributed by atoms with van der Waals surface area (Å²) in [6.45, 7) is 1.94. The number of para-hydroxylation sites is 1. The molecule has 0 fully saturated rings. The van der Waals surface area contributed by atoms with Crippen LogP contribution in [0.2, 0.25) is 0 Å². The molecule has 1 amide bonds. The van der Waals surface area contributed by atoms with Crippen molar-refractivity contribution in [3.05, 3.63) is 52.7 Å². The maximum Gasteiger partial charge on any atom is 0.354 e. The Labute approximate surface area is 178 Å². The lowest BCUT2D eigenvalue weighted by Crippen LogP contribution is -2.44. The van der Waals surface area contributed by atoms with Gasteiger partial charge in [0.2, 0.25) is 5.91 Å². The maximum atomic E-state index is 13.2. The van der Waals surface area contributed by atoms with Crippen molar-refractivity contribution in [3.8, 4) is 0 Å². The van der Waals surface area contributed by atoms with Crippen molar-refractivity contribution in [3.63, 3.8) is 0 Å². The minimum Gasteiger partial charge on any atom is -0.469 e. The summed E-state index contributed by atoms with van der Waals surface area (Å²) in [5, 5.41) is 10.7. The van der Waals surface area contributed by atoms with Crippen LogP contribution in [0, 0.1) is 0 Å². The molecule has 2 heterocycles. The summed E-state index contributed by atoms with van der Waals surface area (Å²) in [7, 11) is 1.31. The molecule has 0 radical (unpaired) electrons. The number of thiophene rings is 1. The molecule has 158 valence electrons. The predicted molar refractivity (Wildman–Crippen MR) is 113 cm³/mol. The molecule has 0 bridgehead atoms. The fraction of sp³-hybridized carbons (Fsp3) is 0.333. The molecule has 0 saturated heterocycles. The van der Waals surface area contributed by atoms with E-state index in [1.807, 2.05) is 47.8 Å². The van der Waals surface area contributed by atoms with Crippen LogP contribution < -0.4 is 10.3 Å². The van der Waals surface area contributed by atoms with E-state index >= 15 is 0 Å². The predicted octanol–water partition coefficient (Wildman–Crippen LogP) is 2.67. The van der Waals surface area contributed by atoms with Gasteiger partial charge < -0.3 is 14.8 Å². The fourth-order valence-corrected chi connectivity index (χ4v) is 3.88. The van der Waals surface area contributed by atoms with Crippen LogP contribution in [0.25, 0.3) is 0 Å². The van der Waals surface area contributed by atoms with Crippen LogP contribution in [0.15, 0.2) is 52.9 Å². The molecule has 2 aromatic rings. The highest BCUT2D eigenvalue weighted by Gasteiger charge is 2.38. The molecule has 1 aliphatic heterocycles. The maximum absolute atomic E-state index is 13.2. The van der Waals surface area contributed by atoms with Gasteiger partial charge in [0.05, 0.1) is 31.9 Å². The van der Waals surface area contributed by atoms with Gasteiger partial charge in [-0.25, -0.2) is 4.79 Å². The van der Waals surface area contributed by atoms with Crippen LogP contribution >= 0.6 is 11.3 Å². The van der Waals surface area contributed by atoms with Crippen molar-refractivity contribution in [2.75, 3.05) is 18.7 Å². The first-order valence-electron chi connectivity index (χ1n) is 9.53. The number of rotatable bonds is 8. The van der Waals surface area contributed by atoms with Crippen LogP contribution in [0.3, 0.4) is 0 Å². The summed E-state index contributed by atoms with van der Waals surface area (Å²) in [4.78, 5) is 38.1. The molecule has 0 aliphatic carbocycles. The molecule has 0 spiro atoms. The van der Waals surface area contributed by atoms with Crippen molar-refractivity contribution in [1.29, 1.82) is 0 Å². The lowest BCUT2D eigenvalue weighted by atomic mass is 10.1. The third-order valence-electron chi connectivity index (χ3n) is 4.55. The topological polar surface area (TPSA) is 97.3 Å². The first kappa shape index (κ1) is 21.5.